The molecule has 186 valence electrons. The first-order valence-electron chi connectivity index (χ1n) is 12.4. The van der Waals surface area contributed by atoms with Crippen LogP contribution in [0.5, 0.6) is 11.5 Å². The molecule has 0 spiro atoms. The van der Waals surface area contributed by atoms with E-state index in [4.69, 9.17) is 28.4 Å². The molecule has 6 aromatic rings. The second-order valence-corrected chi connectivity index (χ2v) is 9.00. The quantitative estimate of drug-likeness (QED) is 0.142. The van der Waals surface area contributed by atoms with Gasteiger partial charge in [0.05, 0.1) is 45.0 Å². The van der Waals surface area contributed by atoms with E-state index in [9.17, 15) is 0 Å². The van der Waals surface area contributed by atoms with E-state index < -0.39 is 0 Å². The Morgan fingerprint density at radius 3 is 1.25 bits per heavy atom. The van der Waals surface area contributed by atoms with Gasteiger partial charge in [0, 0.05) is 19.6 Å². The summed E-state index contributed by atoms with van der Waals surface area (Å²) in [5.74, 6) is 1.63. The molecule has 0 aromatic heterocycles. The summed E-state index contributed by atoms with van der Waals surface area (Å²) in [6.07, 6.45) is 0. The molecule has 6 heteroatoms. The van der Waals surface area contributed by atoms with E-state index in [1.165, 1.54) is 48.5 Å². The highest BCUT2D eigenvalue weighted by atomic mass is 16.5. The normalized spacial score (nSPS) is 12.4. The number of hydrogen-bond acceptors (Lipinski definition) is 6. The van der Waals surface area contributed by atoms with E-state index in [-0.39, 0.29) is 0 Å². The van der Waals surface area contributed by atoms with Crippen LogP contribution < -0.4 is 9.47 Å². The fourth-order valence-corrected chi connectivity index (χ4v) is 5.35. The number of methoxy groups -OCH3 is 2. The summed E-state index contributed by atoms with van der Waals surface area (Å²) in [6.45, 7) is 4.10. The van der Waals surface area contributed by atoms with Gasteiger partial charge in [-0.25, -0.2) is 0 Å². The lowest BCUT2D eigenvalue weighted by atomic mass is 9.98. The predicted octanol–water partition coefficient (Wildman–Crippen LogP) is 5.85. The molecule has 0 aliphatic rings. The molecule has 0 heterocycles. The van der Waals surface area contributed by atoms with Gasteiger partial charge in [0.25, 0.3) is 0 Å². The molecule has 0 amide bonds. The Hall–Kier alpha value is -3.16. The first kappa shape index (κ1) is 23.3. The standard InChI is InChI=1S/C30H30O6/c1-31-9-11-33-13-15-35-23-17-21-7-5-19-3-4-20-6-8-22-18-24(36-16-14-34-12-10-32-2)29(23)30-27(21)25(19)26(20)28(22)30/h3-8,17-18H,9-16H2,1-2H3. The van der Waals surface area contributed by atoms with Crippen molar-refractivity contribution < 1.29 is 28.4 Å². The largest absolute Gasteiger partial charge is 0.490 e. The Morgan fingerprint density at radius 1 is 0.417 bits per heavy atom. The van der Waals surface area contributed by atoms with Gasteiger partial charge in [0.2, 0.25) is 0 Å². The maximum absolute atomic E-state index is 6.34. The minimum absolute atomic E-state index is 0.446. The average molecular weight is 487 g/mol. The lowest BCUT2D eigenvalue weighted by Gasteiger charge is -2.17. The maximum atomic E-state index is 6.34. The Bertz CT molecular complexity index is 1460. The van der Waals surface area contributed by atoms with Gasteiger partial charge in [0.15, 0.2) is 0 Å². The van der Waals surface area contributed by atoms with E-state index in [1.54, 1.807) is 14.2 Å². The molecule has 0 aliphatic heterocycles. The molecule has 0 fully saturated rings. The molecule has 0 atom stereocenters. The van der Waals surface area contributed by atoms with Crippen molar-refractivity contribution in [2.75, 3.05) is 67.1 Å². The molecule has 0 unspecified atom stereocenters. The summed E-state index contributed by atoms with van der Waals surface area (Å²) in [6, 6.07) is 17.5. The zero-order valence-corrected chi connectivity index (χ0v) is 20.7. The summed E-state index contributed by atoms with van der Waals surface area (Å²) >= 11 is 0. The number of hydrogen-bond donors (Lipinski definition) is 0. The fraction of sp³-hybridized carbons (Fsp3) is 0.333. The Balaban J connectivity index is 1.45. The highest BCUT2D eigenvalue weighted by Crippen LogP contribution is 2.52. The number of ether oxygens (including phenoxy) is 6. The number of rotatable bonds is 14. The molecule has 0 aliphatic carbocycles. The van der Waals surface area contributed by atoms with Crippen LogP contribution in [0.15, 0.2) is 48.5 Å². The SMILES string of the molecule is COCCOCCOc1cc2ccc3ccc4ccc5cc(OCCOCCOC)c1c1c2c3c4c51. The Kier molecular flexibility index (Phi) is 6.50. The summed E-state index contributed by atoms with van der Waals surface area (Å²) in [4.78, 5) is 0. The summed E-state index contributed by atoms with van der Waals surface area (Å²) in [5, 5.41) is 12.3. The van der Waals surface area contributed by atoms with Crippen LogP contribution in [0.2, 0.25) is 0 Å². The smallest absolute Gasteiger partial charge is 0.131 e. The van der Waals surface area contributed by atoms with Crippen molar-refractivity contribution >= 4 is 53.9 Å². The van der Waals surface area contributed by atoms with Crippen LogP contribution in [0.1, 0.15) is 0 Å². The van der Waals surface area contributed by atoms with Crippen molar-refractivity contribution in [3.8, 4) is 11.5 Å². The molecule has 6 nitrogen and oxygen atoms in total. The molecule has 6 rings (SSSR count). The van der Waals surface area contributed by atoms with Crippen molar-refractivity contribution in [2.24, 2.45) is 0 Å². The highest BCUT2D eigenvalue weighted by molar-refractivity contribution is 6.45. The van der Waals surface area contributed by atoms with Gasteiger partial charge in [-0.1, -0.05) is 36.4 Å². The van der Waals surface area contributed by atoms with E-state index in [2.05, 4.69) is 48.5 Å². The third-order valence-corrected chi connectivity index (χ3v) is 6.88. The van der Waals surface area contributed by atoms with Crippen molar-refractivity contribution in [1.82, 2.24) is 0 Å². The first-order chi connectivity index (χ1) is 17.8. The third kappa shape index (κ3) is 3.91. The van der Waals surface area contributed by atoms with Gasteiger partial charge < -0.3 is 28.4 Å². The summed E-state index contributed by atoms with van der Waals surface area (Å²) in [5.41, 5.74) is 0. The van der Waals surface area contributed by atoms with Crippen LogP contribution in [0.3, 0.4) is 0 Å². The van der Waals surface area contributed by atoms with E-state index in [0.29, 0.717) is 52.9 Å². The van der Waals surface area contributed by atoms with Gasteiger partial charge in [-0.3, -0.25) is 0 Å². The predicted molar refractivity (Wildman–Crippen MR) is 144 cm³/mol. The molecule has 6 aromatic carbocycles. The Labute approximate surface area is 209 Å². The van der Waals surface area contributed by atoms with E-state index in [1.807, 2.05) is 0 Å². The van der Waals surface area contributed by atoms with Crippen LogP contribution in [0, 0.1) is 0 Å². The molecule has 0 N–H and O–H groups in total. The molecule has 0 radical (unpaired) electrons. The van der Waals surface area contributed by atoms with Crippen molar-refractivity contribution in [1.29, 1.82) is 0 Å². The molecule has 0 saturated heterocycles. The van der Waals surface area contributed by atoms with Crippen LogP contribution in [0.4, 0.5) is 0 Å². The third-order valence-electron chi connectivity index (χ3n) is 6.88. The van der Waals surface area contributed by atoms with E-state index >= 15 is 0 Å². The van der Waals surface area contributed by atoms with Crippen LogP contribution >= 0.6 is 0 Å². The number of benzene rings is 5. The van der Waals surface area contributed by atoms with Gasteiger partial charge >= 0.3 is 0 Å². The summed E-state index contributed by atoms with van der Waals surface area (Å²) < 4.78 is 34.1. The van der Waals surface area contributed by atoms with E-state index in [0.717, 1.165) is 16.9 Å². The van der Waals surface area contributed by atoms with Crippen LogP contribution in [-0.4, -0.2) is 67.1 Å². The minimum Gasteiger partial charge on any atom is -0.490 e. The first-order valence-corrected chi connectivity index (χ1v) is 12.4. The topological polar surface area (TPSA) is 55.4 Å². The molecular weight excluding hydrogens is 456 g/mol. The molecule has 0 saturated carbocycles. The average Bonchev–Trinajstić information content (AvgIpc) is 3.27. The lowest BCUT2D eigenvalue weighted by molar-refractivity contribution is 0.0538. The zero-order valence-electron chi connectivity index (χ0n) is 20.7. The zero-order chi connectivity index (χ0) is 24.5. The minimum atomic E-state index is 0.446. The maximum Gasteiger partial charge on any atom is 0.131 e. The molecule has 0 bridgehead atoms. The highest BCUT2D eigenvalue weighted by Gasteiger charge is 2.24. The molecule has 36 heavy (non-hydrogen) atoms. The van der Waals surface area contributed by atoms with Gasteiger partial charge in [-0.05, 0) is 55.2 Å². The summed E-state index contributed by atoms with van der Waals surface area (Å²) in [7, 11) is 3.34. The van der Waals surface area contributed by atoms with Crippen molar-refractivity contribution in [3.63, 3.8) is 0 Å². The van der Waals surface area contributed by atoms with Crippen LogP contribution in [-0.2, 0) is 18.9 Å². The van der Waals surface area contributed by atoms with Crippen LogP contribution in [0.25, 0.3) is 53.9 Å². The van der Waals surface area contributed by atoms with Crippen molar-refractivity contribution in [3.05, 3.63) is 48.5 Å². The second-order valence-electron chi connectivity index (χ2n) is 9.00. The monoisotopic (exact) mass is 486 g/mol. The lowest BCUT2D eigenvalue weighted by Crippen LogP contribution is -2.11. The van der Waals surface area contributed by atoms with Gasteiger partial charge in [-0.15, -0.1) is 0 Å². The molecular formula is C30H30O6. The second kappa shape index (κ2) is 10.1. The van der Waals surface area contributed by atoms with Crippen molar-refractivity contribution in [2.45, 2.75) is 0 Å². The Morgan fingerprint density at radius 2 is 0.806 bits per heavy atom. The van der Waals surface area contributed by atoms with Gasteiger partial charge in [-0.2, -0.15) is 0 Å². The fourth-order valence-electron chi connectivity index (χ4n) is 5.35. The van der Waals surface area contributed by atoms with Gasteiger partial charge in [0.1, 0.15) is 24.7 Å².